The molecular weight excluding hydrogens is 604 g/mol. The number of sulfonamides is 1. The van der Waals surface area contributed by atoms with Crippen molar-refractivity contribution in [1.29, 1.82) is 0 Å². The Morgan fingerprint density at radius 3 is 2.41 bits per heavy atom. The lowest BCUT2D eigenvalue weighted by Gasteiger charge is -2.42. The van der Waals surface area contributed by atoms with Gasteiger partial charge in [0.2, 0.25) is 16.0 Å². The lowest BCUT2D eigenvalue weighted by atomic mass is 9.89. The number of pyridine rings is 1. The summed E-state index contributed by atoms with van der Waals surface area (Å²) in [6.45, 7) is 5.22. The third kappa shape index (κ3) is 7.32. The summed E-state index contributed by atoms with van der Waals surface area (Å²) in [7, 11) is -2.29. The number of aromatic nitrogens is 3. The van der Waals surface area contributed by atoms with Crippen molar-refractivity contribution < 1.29 is 30.7 Å². The fourth-order valence-electron chi connectivity index (χ4n) is 5.68. The van der Waals surface area contributed by atoms with Crippen LogP contribution in [0.4, 0.5) is 29.2 Å². The van der Waals surface area contributed by atoms with Crippen molar-refractivity contribution >= 4 is 32.7 Å². The summed E-state index contributed by atoms with van der Waals surface area (Å²) in [4.78, 5) is 25.2. The Morgan fingerprint density at radius 2 is 1.82 bits per heavy atom. The van der Waals surface area contributed by atoms with Crippen molar-refractivity contribution in [2.75, 3.05) is 36.1 Å². The van der Waals surface area contributed by atoms with E-state index in [9.17, 15) is 30.8 Å². The number of halogens is 4. The Kier molecular flexibility index (Phi) is 9.19. The third-order valence-corrected chi connectivity index (χ3v) is 9.56. The van der Waals surface area contributed by atoms with E-state index < -0.39 is 45.4 Å². The normalized spacial score (nSPS) is 19.8. The number of fused-ring (bicyclic) bond motifs is 1. The third-order valence-electron chi connectivity index (χ3n) is 8.29. The second-order valence-electron chi connectivity index (χ2n) is 11.8. The van der Waals surface area contributed by atoms with Crippen molar-refractivity contribution in [1.82, 2.24) is 19.4 Å². The van der Waals surface area contributed by atoms with Gasteiger partial charge in [-0.05, 0) is 70.3 Å². The van der Waals surface area contributed by atoms with Gasteiger partial charge in [-0.15, -0.1) is 0 Å². The van der Waals surface area contributed by atoms with Crippen molar-refractivity contribution in [2.24, 2.45) is 0 Å². The van der Waals surface area contributed by atoms with Crippen molar-refractivity contribution in [3.05, 3.63) is 46.6 Å². The summed E-state index contributed by atoms with van der Waals surface area (Å²) in [5, 5.41) is 3.97. The van der Waals surface area contributed by atoms with E-state index in [4.69, 9.17) is 4.74 Å². The van der Waals surface area contributed by atoms with E-state index in [0.29, 0.717) is 29.1 Å². The summed E-state index contributed by atoms with van der Waals surface area (Å²) >= 11 is 0. The Hall–Kier alpha value is -3.30. The van der Waals surface area contributed by atoms with Crippen LogP contribution in [0.2, 0.25) is 0 Å². The van der Waals surface area contributed by atoms with Gasteiger partial charge in [0.15, 0.2) is 0 Å². The van der Waals surface area contributed by atoms with E-state index in [1.54, 1.807) is 12.3 Å². The molecule has 2 N–H and O–H groups in total. The number of nitrogens with zero attached hydrogens (tertiary/aromatic N) is 4. The number of hydrogen-bond acceptors (Lipinski definition) is 8. The van der Waals surface area contributed by atoms with Crippen molar-refractivity contribution in [3.8, 4) is 11.1 Å². The summed E-state index contributed by atoms with van der Waals surface area (Å²) in [5.41, 5.74) is -0.227. The second kappa shape index (κ2) is 12.6. The van der Waals surface area contributed by atoms with Crippen LogP contribution >= 0.6 is 0 Å². The van der Waals surface area contributed by atoms with Gasteiger partial charge in [-0.25, -0.2) is 17.8 Å². The Bertz CT molecular complexity index is 1670. The van der Waals surface area contributed by atoms with Gasteiger partial charge in [-0.3, -0.25) is 19.0 Å². The van der Waals surface area contributed by atoms with E-state index in [1.807, 2.05) is 18.6 Å². The fourth-order valence-corrected chi connectivity index (χ4v) is 6.78. The van der Waals surface area contributed by atoms with Crippen LogP contribution in [0.1, 0.15) is 52.0 Å². The van der Waals surface area contributed by atoms with Crippen LogP contribution in [0, 0.1) is 5.82 Å². The number of likely N-dealkylation sites (N-methyl/N-ethyl adjacent to an activating group) is 1. The molecule has 1 aliphatic heterocycles. The minimum atomic E-state index is -4.67. The molecular formula is C29H36F4N6O4S. The van der Waals surface area contributed by atoms with Gasteiger partial charge in [0.1, 0.15) is 11.5 Å². The Balaban J connectivity index is 1.35. The van der Waals surface area contributed by atoms with Gasteiger partial charge in [-0.2, -0.15) is 18.2 Å². The number of hydrogen-bond donors (Lipinski definition) is 2. The van der Waals surface area contributed by atoms with E-state index in [-0.39, 0.29) is 23.2 Å². The van der Waals surface area contributed by atoms with Gasteiger partial charge < -0.3 is 10.1 Å². The zero-order chi connectivity index (χ0) is 31.8. The topological polar surface area (TPSA) is 118 Å². The summed E-state index contributed by atoms with van der Waals surface area (Å²) < 4.78 is 85.1. The SMILES string of the molecule is CC(C)n1c(=O)c(-c2ccc(NS(=O)(=O)CCC(F)(F)F)c(F)c2)cc2cnc(N[C@H]3CC[C@H](N(C)C4COC4)CC3)nc21. The first-order chi connectivity index (χ1) is 20.7. The van der Waals surface area contributed by atoms with E-state index in [1.165, 1.54) is 10.6 Å². The molecule has 0 amide bonds. The maximum Gasteiger partial charge on any atom is 0.390 e. The highest BCUT2D eigenvalue weighted by atomic mass is 32.2. The number of rotatable bonds is 10. The Labute approximate surface area is 252 Å². The van der Waals surface area contributed by atoms with E-state index in [2.05, 4.69) is 27.2 Å². The highest BCUT2D eigenvalue weighted by molar-refractivity contribution is 7.92. The van der Waals surface area contributed by atoms with Gasteiger partial charge >= 0.3 is 6.18 Å². The number of benzene rings is 1. The fraction of sp³-hybridized carbons (Fsp3) is 0.552. The molecule has 1 saturated carbocycles. The Morgan fingerprint density at radius 1 is 1.11 bits per heavy atom. The largest absolute Gasteiger partial charge is 0.390 e. The number of alkyl halides is 3. The van der Waals surface area contributed by atoms with Gasteiger partial charge in [0.05, 0.1) is 37.1 Å². The first-order valence-electron chi connectivity index (χ1n) is 14.6. The smallest absolute Gasteiger partial charge is 0.378 e. The number of anilines is 2. The molecule has 2 aromatic heterocycles. The molecule has 0 spiro atoms. The van der Waals surface area contributed by atoms with Crippen LogP contribution < -0.4 is 15.6 Å². The van der Waals surface area contributed by atoms with Gasteiger partial charge in [0, 0.05) is 35.3 Å². The summed E-state index contributed by atoms with van der Waals surface area (Å²) in [6, 6.07) is 5.82. The average molecular weight is 641 g/mol. The monoisotopic (exact) mass is 640 g/mol. The van der Waals surface area contributed by atoms with Crippen LogP contribution in [-0.2, 0) is 14.8 Å². The molecule has 1 saturated heterocycles. The molecule has 15 heteroatoms. The highest BCUT2D eigenvalue weighted by Crippen LogP contribution is 2.29. The standard InChI is InChI=1S/C29H36F4N6O4S/c1-17(2)39-26-19(14-34-28(36-26)35-20-5-7-21(8-6-20)38(3)22-15-43-16-22)12-23(27(39)40)18-4-9-25(24(30)13-18)37-44(41,42)11-10-29(31,32)33/h4,9,12-14,17,20-22,37H,5-8,10-11,15-16H2,1-3H3,(H,34,35,36)/t20-,21-. The minimum Gasteiger partial charge on any atom is -0.378 e. The van der Waals surface area contributed by atoms with Gasteiger partial charge in [0.25, 0.3) is 5.56 Å². The molecule has 3 aromatic rings. The summed E-state index contributed by atoms with van der Waals surface area (Å²) in [5.74, 6) is -1.87. The molecule has 0 bridgehead atoms. The minimum absolute atomic E-state index is 0.139. The predicted octanol–water partition coefficient (Wildman–Crippen LogP) is 4.93. The van der Waals surface area contributed by atoms with Crippen molar-refractivity contribution in [3.63, 3.8) is 0 Å². The molecule has 0 atom stereocenters. The molecule has 5 rings (SSSR count). The second-order valence-corrected chi connectivity index (χ2v) is 13.6. The molecule has 10 nitrogen and oxygen atoms in total. The molecule has 44 heavy (non-hydrogen) atoms. The van der Waals surface area contributed by atoms with E-state index in [0.717, 1.165) is 51.0 Å². The molecule has 3 heterocycles. The van der Waals surface area contributed by atoms with E-state index >= 15 is 0 Å². The van der Waals surface area contributed by atoms with Crippen LogP contribution in [0.25, 0.3) is 22.2 Å². The maximum atomic E-state index is 15.0. The van der Waals surface area contributed by atoms with Gasteiger partial charge in [-0.1, -0.05) is 6.07 Å². The predicted molar refractivity (Wildman–Crippen MR) is 160 cm³/mol. The molecule has 2 fully saturated rings. The average Bonchev–Trinajstić information content (AvgIpc) is 2.91. The van der Waals surface area contributed by atoms with Crippen molar-refractivity contribution in [2.45, 2.75) is 76.3 Å². The van der Waals surface area contributed by atoms with Crippen LogP contribution in [0.3, 0.4) is 0 Å². The molecule has 0 radical (unpaired) electrons. The molecule has 240 valence electrons. The number of nitrogens with one attached hydrogen (secondary N) is 2. The van der Waals surface area contributed by atoms with Crippen LogP contribution in [0.5, 0.6) is 0 Å². The number of ether oxygens (including phenoxy) is 1. The molecule has 1 aromatic carbocycles. The van der Waals surface area contributed by atoms with Crippen LogP contribution in [0.15, 0.2) is 35.3 Å². The summed E-state index contributed by atoms with van der Waals surface area (Å²) in [6.07, 6.45) is -0.637. The first-order valence-corrected chi connectivity index (χ1v) is 16.2. The maximum absolute atomic E-state index is 15.0. The zero-order valence-corrected chi connectivity index (χ0v) is 25.5. The zero-order valence-electron chi connectivity index (χ0n) is 24.7. The quantitative estimate of drug-likeness (QED) is 0.300. The van der Waals surface area contributed by atoms with Crippen LogP contribution in [-0.4, -0.2) is 78.2 Å². The molecule has 1 aliphatic carbocycles. The first kappa shape index (κ1) is 32.1. The highest BCUT2D eigenvalue weighted by Gasteiger charge is 2.32. The molecule has 2 aliphatic rings. The lowest BCUT2D eigenvalue weighted by Crippen LogP contribution is -2.52. The molecule has 0 unspecified atom stereocenters. The lowest BCUT2D eigenvalue weighted by molar-refractivity contribution is -0.129.